The van der Waals surface area contributed by atoms with E-state index in [1.54, 1.807) is 20.8 Å². The average molecular weight is 296 g/mol. The van der Waals surface area contributed by atoms with Gasteiger partial charge < -0.3 is 20.6 Å². The van der Waals surface area contributed by atoms with Crippen molar-refractivity contribution in [1.29, 1.82) is 0 Å². The van der Waals surface area contributed by atoms with Crippen LogP contribution in [0.3, 0.4) is 0 Å². The van der Waals surface area contributed by atoms with Crippen LogP contribution in [0.25, 0.3) is 0 Å². The predicted molar refractivity (Wildman–Crippen MR) is 72.6 cm³/mol. The van der Waals surface area contributed by atoms with E-state index in [0.717, 1.165) is 0 Å². The van der Waals surface area contributed by atoms with Crippen LogP contribution >= 0.6 is 0 Å². The zero-order valence-electron chi connectivity index (χ0n) is 11.8. The minimum absolute atomic E-state index is 0.149. The summed E-state index contributed by atoms with van der Waals surface area (Å²) in [6, 6.07) is 1.85. The van der Waals surface area contributed by atoms with Crippen LogP contribution in [0.1, 0.15) is 19.5 Å². The Morgan fingerprint density at radius 3 is 2.52 bits per heavy atom. The van der Waals surface area contributed by atoms with Gasteiger partial charge in [0.05, 0.1) is 0 Å². The normalized spacial score (nSPS) is 11.8. The molecule has 1 aromatic rings. The molecule has 0 unspecified atom stereocenters. The maximum Gasteiger partial charge on any atom is 0.406 e. The van der Waals surface area contributed by atoms with Crippen molar-refractivity contribution in [3.8, 4) is 5.75 Å². The van der Waals surface area contributed by atoms with Crippen LogP contribution < -0.4 is 15.8 Å². The quantitative estimate of drug-likeness (QED) is 0.611. The molecule has 1 aromatic heterocycles. The van der Waals surface area contributed by atoms with Gasteiger partial charge in [0.2, 0.25) is 5.75 Å². The molecule has 0 aliphatic rings. The molecule has 21 heavy (non-hydrogen) atoms. The summed E-state index contributed by atoms with van der Waals surface area (Å²) in [5, 5.41) is 12.9. The Morgan fingerprint density at radius 2 is 2.05 bits per heavy atom. The number of hydrogen-bond donors (Lipinski definition) is 2. The van der Waals surface area contributed by atoms with Crippen molar-refractivity contribution in [3.63, 3.8) is 0 Å². The van der Waals surface area contributed by atoms with E-state index in [1.165, 1.54) is 12.1 Å². The van der Waals surface area contributed by atoms with E-state index in [4.69, 9.17) is 10.5 Å². The molecule has 0 saturated carbocycles. The Balaban J connectivity index is 3.07. The van der Waals surface area contributed by atoms with Crippen molar-refractivity contribution in [2.75, 3.05) is 0 Å². The number of nitro groups is 1. The highest BCUT2D eigenvalue weighted by Crippen LogP contribution is 2.26. The second-order valence-corrected chi connectivity index (χ2v) is 4.67. The molecule has 0 aliphatic carbocycles. The van der Waals surface area contributed by atoms with E-state index in [1.807, 2.05) is 5.32 Å². The first-order valence-electron chi connectivity index (χ1n) is 6.11. The smallest absolute Gasteiger partial charge is 0.406 e. The van der Waals surface area contributed by atoms with E-state index >= 15 is 0 Å². The lowest BCUT2D eigenvalue weighted by Crippen LogP contribution is -2.46. The number of primary amides is 1. The van der Waals surface area contributed by atoms with Gasteiger partial charge in [0.15, 0.2) is 6.10 Å². The van der Waals surface area contributed by atoms with Gasteiger partial charge >= 0.3 is 11.8 Å². The molecule has 9 nitrogen and oxygen atoms in total. The number of amides is 3. The van der Waals surface area contributed by atoms with Crippen LogP contribution in [0, 0.1) is 23.0 Å². The molecule has 0 aliphatic heterocycles. The zero-order chi connectivity index (χ0) is 16.2. The van der Waals surface area contributed by atoms with Crippen LogP contribution in [0.2, 0.25) is 0 Å². The predicted octanol–water partition coefficient (Wildman–Crippen LogP) is 0.897. The number of hydrogen-bond acceptors (Lipinski definition) is 6. The summed E-state index contributed by atoms with van der Waals surface area (Å²) in [6.07, 6.45) is -1.11. The molecule has 114 valence electrons. The Hall–Kier alpha value is -2.71. The first-order chi connectivity index (χ1) is 9.72. The summed E-state index contributed by atoms with van der Waals surface area (Å²) in [5.74, 6) is -1.76. The first kappa shape index (κ1) is 16.3. The summed E-state index contributed by atoms with van der Waals surface area (Å²) in [6.45, 7) is 4.92. The Morgan fingerprint density at radius 1 is 1.43 bits per heavy atom. The molecule has 1 rings (SSSR count). The van der Waals surface area contributed by atoms with E-state index in [-0.39, 0.29) is 11.7 Å². The maximum absolute atomic E-state index is 11.8. The van der Waals surface area contributed by atoms with Gasteiger partial charge in [-0.25, -0.2) is 4.79 Å². The number of nitrogens with two attached hydrogens (primary N) is 1. The lowest BCUT2D eigenvalue weighted by atomic mass is 10.1. The van der Waals surface area contributed by atoms with E-state index in [2.05, 4.69) is 4.98 Å². The second-order valence-electron chi connectivity index (χ2n) is 4.67. The van der Waals surface area contributed by atoms with Gasteiger partial charge in [-0.3, -0.25) is 10.1 Å². The third-order valence-corrected chi connectivity index (χ3v) is 2.52. The summed E-state index contributed by atoms with van der Waals surface area (Å²) < 4.78 is 5.36. The monoisotopic (exact) mass is 296 g/mol. The Bertz CT molecular complexity index is 573. The summed E-state index contributed by atoms with van der Waals surface area (Å²) in [4.78, 5) is 36.6. The number of aromatic nitrogens is 1. The summed E-state index contributed by atoms with van der Waals surface area (Å²) >= 11 is 0. The SMILES string of the molecule is Cc1ccc(O[C@@H](C(=O)NC(N)=O)C(C)C)c([N+](=O)[O-])n1. The molecular formula is C12H16N4O5. The Kier molecular flexibility index (Phi) is 5.17. The third-order valence-electron chi connectivity index (χ3n) is 2.52. The van der Waals surface area contributed by atoms with Gasteiger partial charge in [0.25, 0.3) is 5.91 Å². The number of urea groups is 1. The number of aryl methyl sites for hydroxylation is 1. The van der Waals surface area contributed by atoms with E-state index in [0.29, 0.717) is 5.69 Å². The number of nitrogens with one attached hydrogen (secondary N) is 1. The van der Waals surface area contributed by atoms with Gasteiger partial charge in [0.1, 0.15) is 5.69 Å². The lowest BCUT2D eigenvalue weighted by molar-refractivity contribution is -0.390. The van der Waals surface area contributed by atoms with E-state index < -0.39 is 28.8 Å². The largest absolute Gasteiger partial charge is 0.472 e. The minimum Gasteiger partial charge on any atom is -0.472 e. The van der Waals surface area contributed by atoms with Crippen molar-refractivity contribution < 1.29 is 19.2 Å². The van der Waals surface area contributed by atoms with Crippen molar-refractivity contribution in [2.24, 2.45) is 11.7 Å². The van der Waals surface area contributed by atoms with Gasteiger partial charge in [-0.15, -0.1) is 0 Å². The van der Waals surface area contributed by atoms with Crippen molar-refractivity contribution in [2.45, 2.75) is 26.9 Å². The minimum atomic E-state index is -1.11. The molecule has 0 radical (unpaired) electrons. The molecule has 9 heteroatoms. The topological polar surface area (TPSA) is 137 Å². The molecule has 0 spiro atoms. The highest BCUT2D eigenvalue weighted by atomic mass is 16.6. The Labute approximate surface area is 120 Å². The molecule has 0 aromatic carbocycles. The highest BCUT2D eigenvalue weighted by Gasteiger charge is 2.29. The fourth-order valence-corrected chi connectivity index (χ4v) is 1.57. The number of ether oxygens (including phenoxy) is 1. The van der Waals surface area contributed by atoms with Crippen LogP contribution in [-0.2, 0) is 4.79 Å². The van der Waals surface area contributed by atoms with Gasteiger partial charge in [-0.05, 0) is 28.0 Å². The average Bonchev–Trinajstić information content (AvgIpc) is 2.35. The van der Waals surface area contributed by atoms with Crippen LogP contribution in [0.4, 0.5) is 10.6 Å². The standard InChI is InChI=1S/C12H16N4O5/c1-6(2)9(11(17)15-12(13)18)21-8-5-4-7(3)14-10(8)16(19)20/h4-6,9H,1-3H3,(H3,13,15,17,18)/t9-/m1/s1. The zero-order valence-corrected chi connectivity index (χ0v) is 11.8. The van der Waals surface area contributed by atoms with Crippen LogP contribution in [0.15, 0.2) is 12.1 Å². The third kappa shape index (κ3) is 4.41. The summed E-state index contributed by atoms with van der Waals surface area (Å²) in [5.41, 5.74) is 5.32. The van der Waals surface area contributed by atoms with Crippen molar-refractivity contribution in [1.82, 2.24) is 10.3 Å². The molecule has 3 N–H and O–H groups in total. The van der Waals surface area contributed by atoms with Crippen molar-refractivity contribution in [3.05, 3.63) is 27.9 Å². The maximum atomic E-state index is 11.8. The number of imide groups is 1. The molecule has 0 saturated heterocycles. The fourth-order valence-electron chi connectivity index (χ4n) is 1.57. The van der Waals surface area contributed by atoms with Gasteiger partial charge in [-0.2, -0.15) is 0 Å². The molecule has 0 fully saturated rings. The van der Waals surface area contributed by atoms with Gasteiger partial charge in [0, 0.05) is 6.92 Å². The number of rotatable bonds is 5. The van der Waals surface area contributed by atoms with E-state index in [9.17, 15) is 19.7 Å². The molecular weight excluding hydrogens is 280 g/mol. The number of nitrogens with zero attached hydrogens (tertiary/aromatic N) is 2. The number of pyridine rings is 1. The lowest BCUT2D eigenvalue weighted by Gasteiger charge is -2.20. The summed E-state index contributed by atoms with van der Waals surface area (Å²) in [7, 11) is 0. The fraction of sp³-hybridized carbons (Fsp3) is 0.417. The number of carbonyl (C=O) groups excluding carboxylic acids is 2. The molecule has 1 atom stereocenters. The molecule has 3 amide bonds. The van der Waals surface area contributed by atoms with Gasteiger partial charge in [-0.1, -0.05) is 13.8 Å². The highest BCUT2D eigenvalue weighted by molar-refractivity contribution is 5.96. The van der Waals surface area contributed by atoms with Crippen molar-refractivity contribution >= 4 is 17.8 Å². The first-order valence-corrected chi connectivity index (χ1v) is 6.11. The second kappa shape index (κ2) is 6.64. The number of carbonyl (C=O) groups is 2. The molecule has 0 bridgehead atoms. The van der Waals surface area contributed by atoms with Crippen LogP contribution in [-0.4, -0.2) is 27.9 Å². The molecule has 1 heterocycles. The van der Waals surface area contributed by atoms with Crippen LogP contribution in [0.5, 0.6) is 5.75 Å².